The third kappa shape index (κ3) is 9.91. The van der Waals surface area contributed by atoms with Crippen LogP contribution in [-0.4, -0.2) is 32.9 Å². The Morgan fingerprint density at radius 3 is 1.83 bits per heavy atom. The highest BCUT2D eigenvalue weighted by Gasteiger charge is 2.32. The molecule has 5 heteroatoms. The summed E-state index contributed by atoms with van der Waals surface area (Å²) in [7, 11) is 0. The Morgan fingerprint density at radius 2 is 1.29 bits per heavy atom. The molecule has 0 unspecified atom stereocenters. The van der Waals surface area contributed by atoms with Crippen LogP contribution in [-0.2, 0) is 9.59 Å². The number of hydrogen-bond acceptors (Lipinski definition) is 3. The highest BCUT2D eigenvalue weighted by Crippen LogP contribution is 2.28. The standard InChI is InChI=1S/C19H34O5/c20-17(21)14-19(24,15-18(22)23)13-9-4-2-1-3-6-10-16-11-7-5-8-12-16/h16,24H,1-15H2,(H,20,21)(H,22,23). The number of unbranched alkanes of at least 4 members (excludes halogenated alkanes) is 5. The third-order valence-corrected chi connectivity index (χ3v) is 5.19. The van der Waals surface area contributed by atoms with Gasteiger partial charge in [0.2, 0.25) is 0 Å². The van der Waals surface area contributed by atoms with Crippen molar-refractivity contribution in [2.75, 3.05) is 0 Å². The number of aliphatic carboxylic acids is 2. The lowest BCUT2D eigenvalue weighted by Gasteiger charge is -2.24. The Morgan fingerprint density at radius 1 is 0.792 bits per heavy atom. The number of carbonyl (C=O) groups is 2. The largest absolute Gasteiger partial charge is 0.481 e. The van der Waals surface area contributed by atoms with E-state index in [1.54, 1.807) is 0 Å². The van der Waals surface area contributed by atoms with Gasteiger partial charge in [-0.15, -0.1) is 0 Å². The van der Waals surface area contributed by atoms with Crippen molar-refractivity contribution >= 4 is 11.9 Å². The molecule has 0 aromatic carbocycles. The second-order valence-corrected chi connectivity index (χ2v) is 7.53. The zero-order valence-electron chi connectivity index (χ0n) is 14.8. The Hall–Kier alpha value is -1.10. The molecule has 0 spiro atoms. The predicted molar refractivity (Wildman–Crippen MR) is 93.0 cm³/mol. The summed E-state index contributed by atoms with van der Waals surface area (Å²) in [6.45, 7) is 0. The maximum atomic E-state index is 10.8. The third-order valence-electron chi connectivity index (χ3n) is 5.19. The van der Waals surface area contributed by atoms with Gasteiger partial charge >= 0.3 is 11.9 Å². The average Bonchev–Trinajstić information content (AvgIpc) is 2.49. The SMILES string of the molecule is O=C(O)CC(O)(CCCCCCCCC1CCCCC1)CC(=O)O. The molecule has 0 aromatic heterocycles. The molecule has 140 valence electrons. The predicted octanol–water partition coefficient (Wildman–Crippen LogP) is 4.37. The Balaban J connectivity index is 2.06. The molecule has 1 rings (SSSR count). The summed E-state index contributed by atoms with van der Waals surface area (Å²) in [5.41, 5.74) is -1.61. The Bertz CT molecular complexity index is 358. The number of carboxylic acids is 2. The van der Waals surface area contributed by atoms with Crippen LogP contribution >= 0.6 is 0 Å². The van der Waals surface area contributed by atoms with Crippen molar-refractivity contribution in [2.45, 2.75) is 102 Å². The Kier molecular flexibility index (Phi) is 9.99. The van der Waals surface area contributed by atoms with Crippen molar-refractivity contribution in [2.24, 2.45) is 5.92 Å². The van der Waals surface area contributed by atoms with E-state index in [1.807, 2.05) is 0 Å². The molecule has 0 atom stereocenters. The van der Waals surface area contributed by atoms with Gasteiger partial charge in [-0.3, -0.25) is 9.59 Å². The van der Waals surface area contributed by atoms with Gasteiger partial charge in [0.25, 0.3) is 0 Å². The summed E-state index contributed by atoms with van der Waals surface area (Å²) in [5.74, 6) is -1.36. The van der Waals surface area contributed by atoms with E-state index in [4.69, 9.17) is 10.2 Å². The molecule has 0 bridgehead atoms. The van der Waals surface area contributed by atoms with Gasteiger partial charge in [0.1, 0.15) is 0 Å². The van der Waals surface area contributed by atoms with Crippen LogP contribution in [0.2, 0.25) is 0 Å². The second kappa shape index (κ2) is 11.5. The smallest absolute Gasteiger partial charge is 0.306 e. The molecule has 1 aliphatic carbocycles. The van der Waals surface area contributed by atoms with E-state index in [-0.39, 0.29) is 6.42 Å². The van der Waals surface area contributed by atoms with E-state index < -0.39 is 30.4 Å². The van der Waals surface area contributed by atoms with Gasteiger partial charge in [0.15, 0.2) is 0 Å². The molecule has 1 saturated carbocycles. The highest BCUT2D eigenvalue weighted by atomic mass is 16.4. The highest BCUT2D eigenvalue weighted by molar-refractivity contribution is 5.72. The molecular formula is C19H34O5. The zero-order valence-corrected chi connectivity index (χ0v) is 14.8. The number of aliphatic hydroxyl groups is 1. The van der Waals surface area contributed by atoms with E-state index in [2.05, 4.69) is 0 Å². The van der Waals surface area contributed by atoms with Crippen LogP contribution in [0, 0.1) is 5.92 Å². The minimum atomic E-state index is -1.61. The minimum absolute atomic E-state index is 0.244. The van der Waals surface area contributed by atoms with Gasteiger partial charge in [-0.05, 0) is 12.3 Å². The molecule has 1 fully saturated rings. The first-order valence-electron chi connectivity index (χ1n) is 9.57. The maximum Gasteiger partial charge on any atom is 0.306 e. The molecule has 24 heavy (non-hydrogen) atoms. The molecular weight excluding hydrogens is 308 g/mol. The summed E-state index contributed by atoms with van der Waals surface area (Å²) in [4.78, 5) is 21.6. The zero-order chi connectivity index (χ0) is 17.8. The van der Waals surface area contributed by atoms with Crippen molar-refractivity contribution in [1.82, 2.24) is 0 Å². The average molecular weight is 342 g/mol. The first-order chi connectivity index (χ1) is 11.4. The van der Waals surface area contributed by atoms with Gasteiger partial charge < -0.3 is 15.3 Å². The van der Waals surface area contributed by atoms with Crippen LogP contribution in [0.15, 0.2) is 0 Å². The van der Waals surface area contributed by atoms with Crippen LogP contribution in [0.5, 0.6) is 0 Å². The normalized spacial score (nSPS) is 16.2. The first-order valence-corrected chi connectivity index (χ1v) is 9.57. The van der Waals surface area contributed by atoms with Gasteiger partial charge in [-0.2, -0.15) is 0 Å². The molecule has 0 saturated heterocycles. The van der Waals surface area contributed by atoms with E-state index in [1.165, 1.54) is 57.8 Å². The monoisotopic (exact) mass is 342 g/mol. The van der Waals surface area contributed by atoms with Crippen LogP contribution in [0.25, 0.3) is 0 Å². The van der Waals surface area contributed by atoms with Crippen LogP contribution < -0.4 is 0 Å². The molecule has 0 aromatic rings. The van der Waals surface area contributed by atoms with E-state index >= 15 is 0 Å². The van der Waals surface area contributed by atoms with Crippen LogP contribution in [0.3, 0.4) is 0 Å². The summed E-state index contributed by atoms with van der Waals surface area (Å²) >= 11 is 0. The van der Waals surface area contributed by atoms with E-state index in [0.29, 0.717) is 6.42 Å². The van der Waals surface area contributed by atoms with Crippen molar-refractivity contribution in [3.8, 4) is 0 Å². The van der Waals surface area contributed by atoms with Crippen LogP contribution in [0.1, 0.15) is 96.3 Å². The van der Waals surface area contributed by atoms with Crippen molar-refractivity contribution in [3.63, 3.8) is 0 Å². The van der Waals surface area contributed by atoms with Gasteiger partial charge in [-0.25, -0.2) is 0 Å². The lowest BCUT2D eigenvalue weighted by Crippen LogP contribution is -2.34. The second-order valence-electron chi connectivity index (χ2n) is 7.53. The number of carboxylic acid groups (broad SMARTS) is 2. The van der Waals surface area contributed by atoms with Gasteiger partial charge in [0, 0.05) is 0 Å². The lowest BCUT2D eigenvalue weighted by molar-refractivity contribution is -0.149. The lowest BCUT2D eigenvalue weighted by atomic mass is 9.85. The topological polar surface area (TPSA) is 94.8 Å². The molecule has 5 nitrogen and oxygen atoms in total. The quantitative estimate of drug-likeness (QED) is 0.432. The van der Waals surface area contributed by atoms with Crippen molar-refractivity contribution < 1.29 is 24.9 Å². The molecule has 0 heterocycles. The minimum Gasteiger partial charge on any atom is -0.481 e. The van der Waals surface area contributed by atoms with E-state index in [0.717, 1.165) is 18.8 Å². The first kappa shape index (κ1) is 20.9. The molecule has 3 N–H and O–H groups in total. The Labute approximate surface area is 145 Å². The fraction of sp³-hybridized carbons (Fsp3) is 0.895. The molecule has 1 aliphatic rings. The molecule has 0 amide bonds. The summed E-state index contributed by atoms with van der Waals surface area (Å²) in [5, 5.41) is 27.8. The summed E-state index contributed by atoms with van der Waals surface area (Å²) < 4.78 is 0. The number of rotatable bonds is 13. The van der Waals surface area contributed by atoms with Crippen molar-refractivity contribution in [3.05, 3.63) is 0 Å². The van der Waals surface area contributed by atoms with Crippen LogP contribution in [0.4, 0.5) is 0 Å². The summed E-state index contributed by atoms with van der Waals surface area (Å²) in [6, 6.07) is 0. The van der Waals surface area contributed by atoms with E-state index in [9.17, 15) is 14.7 Å². The maximum absolute atomic E-state index is 10.8. The molecule has 0 aliphatic heterocycles. The van der Waals surface area contributed by atoms with Gasteiger partial charge in [-0.1, -0.05) is 77.0 Å². The summed E-state index contributed by atoms with van der Waals surface area (Å²) in [6.07, 6.45) is 14.0. The van der Waals surface area contributed by atoms with Crippen molar-refractivity contribution in [1.29, 1.82) is 0 Å². The molecule has 0 radical (unpaired) electrons. The number of hydrogen-bond donors (Lipinski definition) is 3. The fourth-order valence-electron chi connectivity index (χ4n) is 3.87. The fourth-order valence-corrected chi connectivity index (χ4v) is 3.87. The van der Waals surface area contributed by atoms with Gasteiger partial charge in [0.05, 0.1) is 18.4 Å².